The van der Waals surface area contributed by atoms with Gasteiger partial charge < -0.3 is 0 Å². The van der Waals surface area contributed by atoms with E-state index < -0.39 is 0 Å². The maximum Gasteiger partial charge on any atom is 0.164 e. The van der Waals surface area contributed by atoms with Gasteiger partial charge in [-0.2, -0.15) is 5.10 Å². The second-order valence-corrected chi connectivity index (χ2v) is 4.56. The van der Waals surface area contributed by atoms with E-state index in [1.54, 1.807) is 10.9 Å². The van der Waals surface area contributed by atoms with Crippen LogP contribution >= 0.6 is 27.5 Å². The zero-order valence-corrected chi connectivity index (χ0v) is 11.2. The van der Waals surface area contributed by atoms with Crippen molar-refractivity contribution in [3.05, 3.63) is 27.7 Å². The molecule has 0 fully saturated rings. The van der Waals surface area contributed by atoms with E-state index in [1.165, 1.54) is 0 Å². The summed E-state index contributed by atoms with van der Waals surface area (Å²) in [5, 5.41) is 4.75. The fraction of sp³-hybridized carbons (Fsp3) is 0.300. The van der Waals surface area contributed by atoms with Gasteiger partial charge in [-0.3, -0.25) is 4.68 Å². The summed E-state index contributed by atoms with van der Waals surface area (Å²) < 4.78 is 2.45. The molecule has 0 aliphatic heterocycles. The first kappa shape index (κ1) is 11.5. The minimum atomic E-state index is 0.413. The van der Waals surface area contributed by atoms with Gasteiger partial charge in [0.1, 0.15) is 5.15 Å². The van der Waals surface area contributed by atoms with Gasteiger partial charge in [0.15, 0.2) is 5.82 Å². The Labute approximate surface area is 107 Å². The van der Waals surface area contributed by atoms with Crippen LogP contribution in [0.15, 0.2) is 16.9 Å². The zero-order valence-electron chi connectivity index (χ0n) is 8.91. The summed E-state index contributed by atoms with van der Waals surface area (Å²) in [7, 11) is 1.88. The fourth-order valence-corrected chi connectivity index (χ4v) is 1.78. The first-order valence-electron chi connectivity index (χ1n) is 4.82. The van der Waals surface area contributed by atoms with Crippen molar-refractivity contribution in [3.8, 4) is 11.4 Å². The molecule has 0 radical (unpaired) electrons. The average molecular weight is 302 g/mol. The molecule has 84 valence electrons. The molecule has 2 aromatic rings. The molecule has 16 heavy (non-hydrogen) atoms. The maximum atomic E-state index is 5.94. The second-order valence-electron chi connectivity index (χ2n) is 3.35. The van der Waals surface area contributed by atoms with Crippen LogP contribution in [0.25, 0.3) is 11.4 Å². The van der Waals surface area contributed by atoms with Crippen LogP contribution in [0.3, 0.4) is 0 Å². The highest BCUT2D eigenvalue weighted by Gasteiger charge is 2.12. The number of aryl methyl sites for hydroxylation is 2. The molecule has 6 heteroatoms. The lowest BCUT2D eigenvalue weighted by molar-refractivity contribution is 0.746. The van der Waals surface area contributed by atoms with E-state index in [0.29, 0.717) is 15.5 Å². The normalized spacial score (nSPS) is 10.8. The van der Waals surface area contributed by atoms with Crippen molar-refractivity contribution in [1.29, 1.82) is 0 Å². The summed E-state index contributed by atoms with van der Waals surface area (Å²) in [6, 6.07) is 0. The molecule has 0 atom stereocenters. The lowest BCUT2D eigenvalue weighted by atomic mass is 10.2. The van der Waals surface area contributed by atoms with Gasteiger partial charge in [0.2, 0.25) is 0 Å². The predicted molar refractivity (Wildman–Crippen MR) is 66.3 cm³/mol. The monoisotopic (exact) mass is 300 g/mol. The Hall–Kier alpha value is -0.940. The van der Waals surface area contributed by atoms with Gasteiger partial charge in [-0.15, -0.1) is 0 Å². The first-order valence-corrected chi connectivity index (χ1v) is 5.99. The van der Waals surface area contributed by atoms with Crippen LogP contribution in [0, 0.1) is 0 Å². The summed E-state index contributed by atoms with van der Waals surface area (Å²) in [4.78, 5) is 8.45. The van der Waals surface area contributed by atoms with Gasteiger partial charge in [-0.25, -0.2) is 9.97 Å². The molecule has 0 aliphatic rings. The summed E-state index contributed by atoms with van der Waals surface area (Å²) in [6.45, 7) is 2.05. The van der Waals surface area contributed by atoms with Gasteiger partial charge in [0, 0.05) is 19.4 Å². The van der Waals surface area contributed by atoms with Crippen LogP contribution in [0.5, 0.6) is 0 Å². The van der Waals surface area contributed by atoms with E-state index in [0.717, 1.165) is 17.7 Å². The number of halogens is 2. The number of hydrogen-bond donors (Lipinski definition) is 0. The molecule has 2 heterocycles. The quantitative estimate of drug-likeness (QED) is 0.801. The van der Waals surface area contributed by atoms with E-state index in [1.807, 2.05) is 20.2 Å². The Balaban J connectivity index is 2.53. The van der Waals surface area contributed by atoms with Crippen LogP contribution < -0.4 is 0 Å². The Kier molecular flexibility index (Phi) is 3.25. The summed E-state index contributed by atoms with van der Waals surface area (Å²) in [6.07, 6.45) is 4.39. The van der Waals surface area contributed by atoms with Crippen LogP contribution in [-0.4, -0.2) is 19.7 Å². The Morgan fingerprint density at radius 2 is 2.25 bits per heavy atom. The molecule has 0 aliphatic carbocycles. The molecule has 0 spiro atoms. The average Bonchev–Trinajstić information content (AvgIpc) is 2.63. The molecule has 0 unspecified atom stereocenters. The molecule has 0 saturated heterocycles. The van der Waals surface area contributed by atoms with Gasteiger partial charge in [-0.1, -0.05) is 18.5 Å². The predicted octanol–water partition coefficient (Wildman–Crippen LogP) is 2.86. The van der Waals surface area contributed by atoms with Crippen molar-refractivity contribution in [1.82, 2.24) is 19.7 Å². The molecule has 0 aromatic carbocycles. The molecule has 4 nitrogen and oxygen atoms in total. The third kappa shape index (κ3) is 2.10. The minimum Gasteiger partial charge on any atom is -0.275 e. The molecular weight excluding hydrogens is 291 g/mol. The van der Waals surface area contributed by atoms with Crippen molar-refractivity contribution in [2.75, 3.05) is 0 Å². The SMILES string of the molecule is CCc1nn(C)cc1-c1ncc(Br)c(Cl)n1. The lowest BCUT2D eigenvalue weighted by Crippen LogP contribution is -1.92. The molecule has 0 bridgehead atoms. The van der Waals surface area contributed by atoms with E-state index >= 15 is 0 Å². The smallest absolute Gasteiger partial charge is 0.164 e. The van der Waals surface area contributed by atoms with Crippen molar-refractivity contribution in [2.45, 2.75) is 13.3 Å². The van der Waals surface area contributed by atoms with Crippen molar-refractivity contribution in [2.24, 2.45) is 7.05 Å². The second kappa shape index (κ2) is 4.51. The Morgan fingerprint density at radius 1 is 1.50 bits per heavy atom. The highest BCUT2D eigenvalue weighted by Crippen LogP contribution is 2.24. The first-order chi connectivity index (χ1) is 7.61. The summed E-state index contributed by atoms with van der Waals surface area (Å²) >= 11 is 9.21. The van der Waals surface area contributed by atoms with Crippen molar-refractivity contribution in [3.63, 3.8) is 0 Å². The van der Waals surface area contributed by atoms with Gasteiger partial charge in [0.25, 0.3) is 0 Å². The number of nitrogens with zero attached hydrogens (tertiary/aromatic N) is 4. The van der Waals surface area contributed by atoms with Gasteiger partial charge in [0.05, 0.1) is 15.7 Å². The van der Waals surface area contributed by atoms with E-state index in [2.05, 4.69) is 31.0 Å². The van der Waals surface area contributed by atoms with Crippen LogP contribution in [0.1, 0.15) is 12.6 Å². The molecule has 2 rings (SSSR count). The standard InChI is InChI=1S/C10H10BrClN4/c1-3-8-6(5-16(2)15-8)10-13-4-7(11)9(12)14-10/h4-5H,3H2,1-2H3. The Morgan fingerprint density at radius 3 is 2.88 bits per heavy atom. The van der Waals surface area contributed by atoms with Crippen molar-refractivity contribution < 1.29 is 0 Å². The highest BCUT2D eigenvalue weighted by molar-refractivity contribution is 9.10. The van der Waals surface area contributed by atoms with Gasteiger partial charge in [-0.05, 0) is 22.4 Å². The molecule has 0 saturated carbocycles. The lowest BCUT2D eigenvalue weighted by Gasteiger charge is -2.00. The van der Waals surface area contributed by atoms with Crippen molar-refractivity contribution >= 4 is 27.5 Å². The van der Waals surface area contributed by atoms with E-state index in [-0.39, 0.29) is 0 Å². The minimum absolute atomic E-state index is 0.413. The molecule has 0 N–H and O–H groups in total. The van der Waals surface area contributed by atoms with Crippen LogP contribution in [0.2, 0.25) is 5.15 Å². The number of aromatic nitrogens is 4. The van der Waals surface area contributed by atoms with E-state index in [9.17, 15) is 0 Å². The third-order valence-electron chi connectivity index (χ3n) is 2.18. The fourth-order valence-electron chi connectivity index (χ4n) is 1.46. The zero-order chi connectivity index (χ0) is 11.7. The largest absolute Gasteiger partial charge is 0.275 e. The molecule has 0 amide bonds. The maximum absolute atomic E-state index is 5.94. The highest BCUT2D eigenvalue weighted by atomic mass is 79.9. The Bertz CT molecular complexity index is 524. The third-order valence-corrected chi connectivity index (χ3v) is 3.28. The topological polar surface area (TPSA) is 43.6 Å². The summed E-state index contributed by atoms with van der Waals surface area (Å²) in [5.74, 6) is 0.609. The molecule has 2 aromatic heterocycles. The van der Waals surface area contributed by atoms with Crippen LogP contribution in [-0.2, 0) is 13.5 Å². The molecular formula is C10H10BrClN4. The van der Waals surface area contributed by atoms with E-state index in [4.69, 9.17) is 11.6 Å². The summed E-state index contributed by atoms with van der Waals surface area (Å²) in [5.41, 5.74) is 1.90. The number of hydrogen-bond acceptors (Lipinski definition) is 3. The van der Waals surface area contributed by atoms with Crippen LogP contribution in [0.4, 0.5) is 0 Å². The number of rotatable bonds is 2. The van der Waals surface area contributed by atoms with Gasteiger partial charge >= 0.3 is 0 Å².